The van der Waals surface area contributed by atoms with Crippen molar-refractivity contribution in [2.24, 2.45) is 0 Å². The Morgan fingerprint density at radius 1 is 1.27 bits per heavy atom. The van der Waals surface area contributed by atoms with Gasteiger partial charge >= 0.3 is 0 Å². The van der Waals surface area contributed by atoms with E-state index in [1.165, 1.54) is 0 Å². The summed E-state index contributed by atoms with van der Waals surface area (Å²) in [6.07, 6.45) is 0. The number of nitrogens with zero attached hydrogens (tertiary/aromatic N) is 1. The summed E-state index contributed by atoms with van der Waals surface area (Å²) in [5, 5.41) is 0. The molecule has 1 aromatic carbocycles. The van der Waals surface area contributed by atoms with Crippen LogP contribution in [0.4, 0.5) is 5.69 Å². The van der Waals surface area contributed by atoms with E-state index >= 15 is 0 Å². The van der Waals surface area contributed by atoms with Crippen molar-refractivity contribution < 1.29 is 4.79 Å². The second-order valence-electron chi connectivity index (χ2n) is 3.12. The lowest BCUT2D eigenvalue weighted by Gasteiger charge is -2.14. The van der Waals surface area contributed by atoms with Crippen LogP contribution in [0.15, 0.2) is 24.3 Å². The number of hydrogen-bond donors (Lipinski definition) is 1. The second-order valence-corrected chi connectivity index (χ2v) is 3.12. The molecule has 0 aliphatic heterocycles. The molecule has 0 radical (unpaired) electrons. The molecule has 0 saturated heterocycles. The van der Waals surface area contributed by atoms with Crippen LogP contribution in [-0.2, 0) is 11.3 Å². The standard InChI is InChI=1S/C10H14N2O.C2H6/c1-8(13)12(2)7-9-3-5-10(11)6-4-9;1-2/h3-6H,7,11H2,1-2H3;1-2H3. The van der Waals surface area contributed by atoms with E-state index < -0.39 is 0 Å². The minimum absolute atomic E-state index is 0.0665. The summed E-state index contributed by atoms with van der Waals surface area (Å²) in [6.45, 7) is 6.19. The molecule has 84 valence electrons. The molecular formula is C12H20N2O. The molecule has 3 heteroatoms. The first-order valence-electron chi connectivity index (χ1n) is 5.15. The fourth-order valence-electron chi connectivity index (χ4n) is 1.01. The van der Waals surface area contributed by atoms with Crippen LogP contribution < -0.4 is 5.73 Å². The zero-order valence-corrected chi connectivity index (χ0v) is 9.95. The van der Waals surface area contributed by atoms with Gasteiger partial charge in [0.1, 0.15) is 0 Å². The first-order chi connectivity index (χ1) is 7.09. The summed E-state index contributed by atoms with van der Waals surface area (Å²) in [5.41, 5.74) is 7.37. The molecule has 1 amide bonds. The molecule has 15 heavy (non-hydrogen) atoms. The molecule has 0 spiro atoms. The normalized spacial score (nSPS) is 8.80. The molecule has 0 fully saturated rings. The van der Waals surface area contributed by atoms with Gasteiger partial charge in [-0.2, -0.15) is 0 Å². The fourth-order valence-corrected chi connectivity index (χ4v) is 1.01. The summed E-state index contributed by atoms with van der Waals surface area (Å²) in [4.78, 5) is 12.6. The van der Waals surface area contributed by atoms with Gasteiger partial charge in [-0.3, -0.25) is 4.79 Å². The Balaban J connectivity index is 0.000000921. The highest BCUT2D eigenvalue weighted by Crippen LogP contribution is 2.07. The van der Waals surface area contributed by atoms with E-state index in [0.717, 1.165) is 11.3 Å². The fraction of sp³-hybridized carbons (Fsp3) is 0.417. The van der Waals surface area contributed by atoms with Crippen LogP contribution in [-0.4, -0.2) is 17.9 Å². The molecular weight excluding hydrogens is 188 g/mol. The summed E-state index contributed by atoms with van der Waals surface area (Å²) in [5.74, 6) is 0.0665. The first kappa shape index (κ1) is 13.5. The van der Waals surface area contributed by atoms with Gasteiger partial charge in [0.25, 0.3) is 0 Å². The van der Waals surface area contributed by atoms with Crippen LogP contribution in [0, 0.1) is 0 Å². The Hall–Kier alpha value is -1.51. The van der Waals surface area contributed by atoms with Crippen LogP contribution in [0.5, 0.6) is 0 Å². The number of hydrogen-bond acceptors (Lipinski definition) is 2. The van der Waals surface area contributed by atoms with Crippen molar-refractivity contribution in [3.63, 3.8) is 0 Å². The Bertz CT molecular complexity index is 293. The maximum absolute atomic E-state index is 10.9. The first-order valence-corrected chi connectivity index (χ1v) is 5.15. The van der Waals surface area contributed by atoms with E-state index in [1.807, 2.05) is 38.1 Å². The lowest BCUT2D eigenvalue weighted by Crippen LogP contribution is -2.22. The number of carbonyl (C=O) groups excluding carboxylic acids is 1. The molecule has 3 nitrogen and oxygen atoms in total. The van der Waals surface area contributed by atoms with Crippen LogP contribution in [0.1, 0.15) is 26.3 Å². The van der Waals surface area contributed by atoms with Crippen LogP contribution in [0.25, 0.3) is 0 Å². The third-order valence-corrected chi connectivity index (χ3v) is 1.94. The number of anilines is 1. The van der Waals surface area contributed by atoms with Gasteiger partial charge in [-0.15, -0.1) is 0 Å². The van der Waals surface area contributed by atoms with Crippen LogP contribution in [0.3, 0.4) is 0 Å². The molecule has 1 rings (SSSR count). The molecule has 0 aliphatic carbocycles. The number of amides is 1. The molecule has 0 aromatic heterocycles. The van der Waals surface area contributed by atoms with Crippen molar-refractivity contribution >= 4 is 11.6 Å². The number of nitrogen functional groups attached to an aromatic ring is 1. The van der Waals surface area contributed by atoms with E-state index in [4.69, 9.17) is 5.73 Å². The van der Waals surface area contributed by atoms with Crippen LogP contribution in [0.2, 0.25) is 0 Å². The predicted octanol–water partition coefficient (Wildman–Crippen LogP) is 2.27. The van der Waals surface area contributed by atoms with E-state index in [1.54, 1.807) is 18.9 Å². The zero-order valence-electron chi connectivity index (χ0n) is 9.95. The minimum Gasteiger partial charge on any atom is -0.399 e. The van der Waals surface area contributed by atoms with Gasteiger partial charge in [-0.05, 0) is 17.7 Å². The van der Waals surface area contributed by atoms with Crippen LogP contribution >= 0.6 is 0 Å². The molecule has 0 bridgehead atoms. The Labute approximate surface area is 91.9 Å². The van der Waals surface area contributed by atoms with Crippen molar-refractivity contribution in [3.05, 3.63) is 29.8 Å². The van der Waals surface area contributed by atoms with Gasteiger partial charge < -0.3 is 10.6 Å². The lowest BCUT2D eigenvalue weighted by molar-refractivity contribution is -0.128. The molecule has 0 saturated carbocycles. The number of rotatable bonds is 2. The Morgan fingerprint density at radius 3 is 2.13 bits per heavy atom. The highest BCUT2D eigenvalue weighted by Gasteiger charge is 2.02. The van der Waals surface area contributed by atoms with Crippen molar-refractivity contribution in [3.8, 4) is 0 Å². The van der Waals surface area contributed by atoms with Crippen molar-refractivity contribution in [2.75, 3.05) is 12.8 Å². The maximum Gasteiger partial charge on any atom is 0.219 e. The van der Waals surface area contributed by atoms with Gasteiger partial charge in [0.15, 0.2) is 0 Å². The monoisotopic (exact) mass is 208 g/mol. The number of carbonyl (C=O) groups is 1. The largest absolute Gasteiger partial charge is 0.399 e. The van der Waals surface area contributed by atoms with Crippen molar-refractivity contribution in [1.82, 2.24) is 4.90 Å². The molecule has 1 aromatic rings. The smallest absolute Gasteiger partial charge is 0.219 e. The summed E-state index contributed by atoms with van der Waals surface area (Å²) in [6, 6.07) is 7.52. The average molecular weight is 208 g/mol. The SMILES string of the molecule is CC.CC(=O)N(C)Cc1ccc(N)cc1. The number of nitrogens with two attached hydrogens (primary N) is 1. The van der Waals surface area contributed by atoms with Crippen molar-refractivity contribution in [2.45, 2.75) is 27.3 Å². The molecule has 0 atom stereocenters. The van der Waals surface area contributed by atoms with E-state index in [2.05, 4.69) is 0 Å². The molecule has 2 N–H and O–H groups in total. The highest BCUT2D eigenvalue weighted by molar-refractivity contribution is 5.72. The summed E-state index contributed by atoms with van der Waals surface area (Å²) >= 11 is 0. The van der Waals surface area contributed by atoms with Crippen molar-refractivity contribution in [1.29, 1.82) is 0 Å². The third-order valence-electron chi connectivity index (χ3n) is 1.94. The Morgan fingerprint density at radius 2 is 1.73 bits per heavy atom. The zero-order chi connectivity index (χ0) is 11.8. The number of benzene rings is 1. The Kier molecular flexibility index (Phi) is 6.18. The van der Waals surface area contributed by atoms with Gasteiger partial charge in [0, 0.05) is 26.2 Å². The third kappa shape index (κ3) is 5.05. The van der Waals surface area contributed by atoms with E-state index in [0.29, 0.717) is 6.54 Å². The van der Waals surface area contributed by atoms with E-state index in [9.17, 15) is 4.79 Å². The van der Waals surface area contributed by atoms with Gasteiger partial charge in [0.2, 0.25) is 5.91 Å². The van der Waals surface area contributed by atoms with Gasteiger partial charge in [-0.25, -0.2) is 0 Å². The molecule has 0 aliphatic rings. The predicted molar refractivity (Wildman–Crippen MR) is 64.4 cm³/mol. The quantitative estimate of drug-likeness (QED) is 0.758. The molecule has 0 unspecified atom stereocenters. The lowest BCUT2D eigenvalue weighted by atomic mass is 10.2. The minimum atomic E-state index is 0.0665. The summed E-state index contributed by atoms with van der Waals surface area (Å²) < 4.78 is 0. The second kappa shape index (κ2) is 6.87. The average Bonchev–Trinajstić information content (AvgIpc) is 2.24. The highest BCUT2D eigenvalue weighted by atomic mass is 16.2. The van der Waals surface area contributed by atoms with Gasteiger partial charge in [0.05, 0.1) is 0 Å². The summed E-state index contributed by atoms with van der Waals surface area (Å²) in [7, 11) is 1.78. The topological polar surface area (TPSA) is 46.3 Å². The van der Waals surface area contributed by atoms with E-state index in [-0.39, 0.29) is 5.91 Å². The van der Waals surface area contributed by atoms with Gasteiger partial charge in [-0.1, -0.05) is 26.0 Å². The maximum atomic E-state index is 10.9. The molecule has 0 heterocycles.